The van der Waals surface area contributed by atoms with Crippen LogP contribution in [0.15, 0.2) is 42.5 Å². The van der Waals surface area contributed by atoms with Crippen molar-refractivity contribution in [2.24, 2.45) is 0 Å². The van der Waals surface area contributed by atoms with Crippen molar-refractivity contribution in [1.82, 2.24) is 0 Å². The van der Waals surface area contributed by atoms with Crippen LogP contribution in [-0.2, 0) is 0 Å². The Hall–Kier alpha value is -2.69. The summed E-state index contributed by atoms with van der Waals surface area (Å²) in [6.45, 7) is 0. The molecule has 3 N–H and O–H groups in total. The van der Waals surface area contributed by atoms with Crippen molar-refractivity contribution >= 4 is 17.3 Å². The predicted molar refractivity (Wildman–Crippen MR) is 78.5 cm³/mol. The Balaban J connectivity index is 2.28. The summed E-state index contributed by atoms with van der Waals surface area (Å²) in [6.07, 6.45) is 0. The lowest BCUT2D eigenvalue weighted by molar-refractivity contribution is 0.102. The molecule has 5 heteroatoms. The van der Waals surface area contributed by atoms with Gasteiger partial charge in [-0.1, -0.05) is 12.1 Å². The molecular formula is C15H16N2O3. The van der Waals surface area contributed by atoms with Crippen LogP contribution in [0, 0.1) is 0 Å². The maximum absolute atomic E-state index is 12.1. The molecule has 104 valence electrons. The molecule has 20 heavy (non-hydrogen) atoms. The number of hydrogen-bond donors (Lipinski definition) is 3. The van der Waals surface area contributed by atoms with E-state index in [-0.39, 0.29) is 17.1 Å². The first-order valence-corrected chi connectivity index (χ1v) is 6.08. The fourth-order valence-corrected chi connectivity index (χ4v) is 1.87. The van der Waals surface area contributed by atoms with Crippen molar-refractivity contribution < 1.29 is 15.0 Å². The molecule has 0 atom stereocenters. The standard InChI is InChI=1S/C15H16N2O3/c1-17(2)13-6-4-3-5-12(13)16-15(20)11-8-7-10(18)9-14(11)19/h3-9,18-19H,1-2H3,(H,16,20). The van der Waals surface area contributed by atoms with Crippen LogP contribution in [0.3, 0.4) is 0 Å². The van der Waals surface area contributed by atoms with Gasteiger partial charge in [0.15, 0.2) is 0 Å². The van der Waals surface area contributed by atoms with E-state index in [2.05, 4.69) is 5.32 Å². The first-order chi connectivity index (χ1) is 9.49. The number of anilines is 2. The van der Waals surface area contributed by atoms with Crippen molar-refractivity contribution in [3.63, 3.8) is 0 Å². The third-order valence-corrected chi connectivity index (χ3v) is 2.86. The Kier molecular flexibility index (Phi) is 3.79. The van der Waals surface area contributed by atoms with Gasteiger partial charge in [-0.15, -0.1) is 0 Å². The van der Waals surface area contributed by atoms with Crippen molar-refractivity contribution in [2.45, 2.75) is 0 Å². The number of hydrogen-bond acceptors (Lipinski definition) is 4. The van der Waals surface area contributed by atoms with E-state index in [1.54, 1.807) is 6.07 Å². The molecule has 0 unspecified atom stereocenters. The van der Waals surface area contributed by atoms with Crippen LogP contribution in [0.1, 0.15) is 10.4 Å². The molecule has 2 aromatic rings. The molecule has 0 aliphatic rings. The summed E-state index contributed by atoms with van der Waals surface area (Å²) in [5, 5.41) is 21.7. The molecule has 0 aliphatic heterocycles. The zero-order valence-electron chi connectivity index (χ0n) is 11.3. The van der Waals surface area contributed by atoms with Gasteiger partial charge in [-0.05, 0) is 24.3 Å². The number of aromatic hydroxyl groups is 2. The molecule has 0 radical (unpaired) electrons. The molecule has 0 spiro atoms. The molecule has 0 heterocycles. The van der Waals surface area contributed by atoms with Gasteiger partial charge in [-0.2, -0.15) is 0 Å². The van der Waals surface area contributed by atoms with E-state index < -0.39 is 5.91 Å². The topological polar surface area (TPSA) is 72.8 Å². The molecule has 0 aromatic heterocycles. The summed E-state index contributed by atoms with van der Waals surface area (Å²) < 4.78 is 0. The second-order valence-corrected chi connectivity index (χ2v) is 4.57. The molecule has 2 aromatic carbocycles. The monoisotopic (exact) mass is 272 g/mol. The highest BCUT2D eigenvalue weighted by Crippen LogP contribution is 2.27. The fraction of sp³-hybridized carbons (Fsp3) is 0.133. The summed E-state index contributed by atoms with van der Waals surface area (Å²) in [7, 11) is 3.76. The van der Waals surface area contributed by atoms with Gasteiger partial charge in [-0.25, -0.2) is 0 Å². The van der Waals surface area contributed by atoms with Gasteiger partial charge in [0.1, 0.15) is 11.5 Å². The molecule has 0 saturated heterocycles. The first kappa shape index (κ1) is 13.7. The summed E-state index contributed by atoms with van der Waals surface area (Å²) in [4.78, 5) is 14.0. The number of carbonyl (C=O) groups is 1. The molecule has 5 nitrogen and oxygen atoms in total. The Bertz CT molecular complexity index is 639. The number of nitrogens with one attached hydrogen (secondary N) is 1. The normalized spacial score (nSPS) is 10.1. The van der Waals surface area contributed by atoms with Crippen LogP contribution in [0.25, 0.3) is 0 Å². The molecule has 0 bridgehead atoms. The zero-order valence-corrected chi connectivity index (χ0v) is 11.3. The SMILES string of the molecule is CN(C)c1ccccc1NC(=O)c1ccc(O)cc1O. The average molecular weight is 272 g/mol. The highest BCUT2D eigenvalue weighted by Gasteiger charge is 2.13. The molecule has 0 fully saturated rings. The van der Waals surface area contributed by atoms with Gasteiger partial charge in [0.05, 0.1) is 16.9 Å². The minimum Gasteiger partial charge on any atom is -0.508 e. The quantitative estimate of drug-likeness (QED) is 0.802. The van der Waals surface area contributed by atoms with E-state index in [1.165, 1.54) is 12.1 Å². The van der Waals surface area contributed by atoms with Gasteiger partial charge in [0.25, 0.3) is 5.91 Å². The fourth-order valence-electron chi connectivity index (χ4n) is 1.87. The van der Waals surface area contributed by atoms with Crippen LogP contribution >= 0.6 is 0 Å². The van der Waals surface area contributed by atoms with E-state index in [0.717, 1.165) is 11.8 Å². The van der Waals surface area contributed by atoms with Crippen molar-refractivity contribution in [1.29, 1.82) is 0 Å². The highest BCUT2D eigenvalue weighted by atomic mass is 16.3. The maximum Gasteiger partial charge on any atom is 0.259 e. The third-order valence-electron chi connectivity index (χ3n) is 2.86. The van der Waals surface area contributed by atoms with Crippen LogP contribution in [-0.4, -0.2) is 30.2 Å². The second kappa shape index (κ2) is 5.52. The number of carbonyl (C=O) groups excluding carboxylic acids is 1. The second-order valence-electron chi connectivity index (χ2n) is 4.57. The minimum absolute atomic E-state index is 0.0901. The van der Waals surface area contributed by atoms with Gasteiger partial charge in [-0.3, -0.25) is 4.79 Å². The number of para-hydroxylation sites is 2. The van der Waals surface area contributed by atoms with E-state index in [9.17, 15) is 15.0 Å². The first-order valence-electron chi connectivity index (χ1n) is 6.08. The summed E-state index contributed by atoms with van der Waals surface area (Å²) in [5.74, 6) is -0.783. The van der Waals surface area contributed by atoms with Gasteiger partial charge >= 0.3 is 0 Å². The summed E-state index contributed by atoms with van der Waals surface area (Å²) >= 11 is 0. The van der Waals surface area contributed by atoms with E-state index in [1.807, 2.05) is 37.2 Å². The number of amides is 1. The minimum atomic E-state index is -0.434. The lowest BCUT2D eigenvalue weighted by atomic mass is 10.1. The van der Waals surface area contributed by atoms with Crippen molar-refractivity contribution in [3.05, 3.63) is 48.0 Å². The van der Waals surface area contributed by atoms with Gasteiger partial charge in [0.2, 0.25) is 0 Å². The Labute approximate surface area is 117 Å². The number of rotatable bonds is 3. The van der Waals surface area contributed by atoms with Crippen molar-refractivity contribution in [2.75, 3.05) is 24.3 Å². The average Bonchev–Trinajstić information content (AvgIpc) is 2.38. The maximum atomic E-state index is 12.1. The Morgan fingerprint density at radius 3 is 2.45 bits per heavy atom. The lowest BCUT2D eigenvalue weighted by Crippen LogP contribution is -2.16. The van der Waals surface area contributed by atoms with Crippen LogP contribution in [0.4, 0.5) is 11.4 Å². The van der Waals surface area contributed by atoms with Crippen LogP contribution in [0.5, 0.6) is 11.5 Å². The third kappa shape index (κ3) is 2.83. The van der Waals surface area contributed by atoms with Gasteiger partial charge < -0.3 is 20.4 Å². The molecule has 2 rings (SSSR count). The zero-order chi connectivity index (χ0) is 14.7. The Morgan fingerprint density at radius 1 is 1.10 bits per heavy atom. The highest BCUT2D eigenvalue weighted by molar-refractivity contribution is 6.07. The van der Waals surface area contributed by atoms with E-state index in [0.29, 0.717) is 5.69 Å². The largest absolute Gasteiger partial charge is 0.508 e. The number of nitrogens with zero attached hydrogens (tertiary/aromatic N) is 1. The van der Waals surface area contributed by atoms with Gasteiger partial charge in [0, 0.05) is 20.2 Å². The molecule has 0 saturated carbocycles. The smallest absolute Gasteiger partial charge is 0.259 e. The molecule has 1 amide bonds. The van der Waals surface area contributed by atoms with E-state index in [4.69, 9.17) is 0 Å². The van der Waals surface area contributed by atoms with E-state index >= 15 is 0 Å². The number of benzene rings is 2. The predicted octanol–water partition coefficient (Wildman–Crippen LogP) is 2.42. The van der Waals surface area contributed by atoms with Crippen molar-refractivity contribution in [3.8, 4) is 11.5 Å². The molecular weight excluding hydrogens is 256 g/mol. The molecule has 0 aliphatic carbocycles. The summed E-state index contributed by atoms with van der Waals surface area (Å²) in [6, 6.07) is 11.2. The van der Waals surface area contributed by atoms with Crippen LogP contribution < -0.4 is 10.2 Å². The van der Waals surface area contributed by atoms with Crippen LogP contribution in [0.2, 0.25) is 0 Å². The Morgan fingerprint density at radius 2 is 1.80 bits per heavy atom. The summed E-state index contributed by atoms with van der Waals surface area (Å²) in [5.41, 5.74) is 1.62. The lowest BCUT2D eigenvalue weighted by Gasteiger charge is -2.17. The number of phenols is 2. The number of phenolic OH excluding ortho intramolecular Hbond substituents is 2.